The van der Waals surface area contributed by atoms with Crippen molar-refractivity contribution in [1.29, 1.82) is 0 Å². The highest BCUT2D eigenvalue weighted by molar-refractivity contribution is 5.25. The lowest BCUT2D eigenvalue weighted by atomic mass is 9.86. The van der Waals surface area contributed by atoms with Gasteiger partial charge in [0, 0.05) is 23.1 Å². The molecule has 0 saturated carbocycles. The van der Waals surface area contributed by atoms with Crippen molar-refractivity contribution in [2.45, 2.75) is 58.4 Å². The van der Waals surface area contributed by atoms with Crippen LogP contribution in [0.3, 0.4) is 0 Å². The van der Waals surface area contributed by atoms with Crippen molar-refractivity contribution in [3.63, 3.8) is 0 Å². The molecule has 0 amide bonds. The molecule has 0 aliphatic carbocycles. The molecule has 0 bridgehead atoms. The first-order valence-electron chi connectivity index (χ1n) is 5.39. The molecule has 78 valence electrons. The molecule has 0 N–H and O–H groups in total. The van der Waals surface area contributed by atoms with Crippen molar-refractivity contribution in [3.8, 4) is 0 Å². The van der Waals surface area contributed by atoms with E-state index in [2.05, 4.69) is 50.5 Å². The maximum atomic E-state index is 4.67. The number of hydrogen-bond acceptors (Lipinski definition) is 1. The van der Waals surface area contributed by atoms with Gasteiger partial charge in [-0.1, -0.05) is 34.6 Å². The second-order valence-corrected chi connectivity index (χ2v) is 6.02. The SMILES string of the molecule is CC(C)(C)c1cc2n(n1)CCC2(C)C. The molecule has 0 radical (unpaired) electrons. The van der Waals surface area contributed by atoms with Gasteiger partial charge in [-0.25, -0.2) is 0 Å². The van der Waals surface area contributed by atoms with Crippen molar-refractivity contribution in [3.05, 3.63) is 17.5 Å². The molecule has 2 nitrogen and oxygen atoms in total. The molecule has 2 heterocycles. The van der Waals surface area contributed by atoms with Crippen LogP contribution >= 0.6 is 0 Å². The molecule has 0 unspecified atom stereocenters. The van der Waals surface area contributed by atoms with Gasteiger partial charge in [-0.3, -0.25) is 4.68 Å². The highest BCUT2D eigenvalue weighted by atomic mass is 15.3. The van der Waals surface area contributed by atoms with E-state index in [9.17, 15) is 0 Å². The fraction of sp³-hybridized carbons (Fsp3) is 0.750. The zero-order valence-electron chi connectivity index (χ0n) is 9.89. The number of aromatic nitrogens is 2. The molecule has 0 fully saturated rings. The lowest BCUT2D eigenvalue weighted by Gasteiger charge is -2.17. The summed E-state index contributed by atoms with van der Waals surface area (Å²) >= 11 is 0. The first kappa shape index (κ1) is 9.75. The molecule has 1 aliphatic heterocycles. The molecule has 2 rings (SSSR count). The minimum Gasteiger partial charge on any atom is -0.269 e. The van der Waals surface area contributed by atoms with Gasteiger partial charge in [0.05, 0.1) is 5.69 Å². The standard InChI is InChI=1S/C12H20N2/c1-11(2,3)9-8-10-12(4,5)6-7-14(10)13-9/h8H,6-7H2,1-5H3. The molecule has 0 spiro atoms. The summed E-state index contributed by atoms with van der Waals surface area (Å²) in [6.45, 7) is 12.4. The van der Waals surface area contributed by atoms with Crippen molar-refractivity contribution >= 4 is 0 Å². The highest BCUT2D eigenvalue weighted by Gasteiger charge is 2.33. The predicted octanol–water partition coefficient (Wildman–Crippen LogP) is 2.86. The Bertz CT molecular complexity index is 353. The van der Waals surface area contributed by atoms with Gasteiger partial charge < -0.3 is 0 Å². The topological polar surface area (TPSA) is 17.8 Å². The summed E-state index contributed by atoms with van der Waals surface area (Å²) in [6, 6.07) is 2.28. The fourth-order valence-corrected chi connectivity index (χ4v) is 2.01. The normalized spacial score (nSPS) is 19.8. The van der Waals surface area contributed by atoms with Gasteiger partial charge in [0.25, 0.3) is 0 Å². The number of nitrogens with zero attached hydrogens (tertiary/aromatic N) is 2. The quantitative estimate of drug-likeness (QED) is 0.618. The monoisotopic (exact) mass is 192 g/mol. The molecule has 1 aromatic heterocycles. The van der Waals surface area contributed by atoms with Gasteiger partial charge in [-0.05, 0) is 12.5 Å². The van der Waals surface area contributed by atoms with E-state index in [0.29, 0.717) is 5.41 Å². The van der Waals surface area contributed by atoms with Crippen molar-refractivity contribution in [2.75, 3.05) is 0 Å². The molecule has 0 atom stereocenters. The third-order valence-corrected chi connectivity index (χ3v) is 3.19. The molecule has 14 heavy (non-hydrogen) atoms. The van der Waals surface area contributed by atoms with Crippen molar-refractivity contribution in [2.24, 2.45) is 0 Å². The van der Waals surface area contributed by atoms with Gasteiger partial charge in [0.1, 0.15) is 0 Å². The lowest BCUT2D eigenvalue weighted by Crippen LogP contribution is -2.14. The summed E-state index contributed by atoms with van der Waals surface area (Å²) in [5, 5.41) is 4.67. The summed E-state index contributed by atoms with van der Waals surface area (Å²) < 4.78 is 2.18. The maximum absolute atomic E-state index is 4.67. The predicted molar refractivity (Wildman–Crippen MR) is 58.6 cm³/mol. The molecule has 2 heteroatoms. The fourth-order valence-electron chi connectivity index (χ4n) is 2.01. The van der Waals surface area contributed by atoms with Crippen LogP contribution in [0.2, 0.25) is 0 Å². The first-order chi connectivity index (χ1) is 6.31. The van der Waals surface area contributed by atoms with E-state index in [1.165, 1.54) is 17.8 Å². The van der Waals surface area contributed by atoms with E-state index in [-0.39, 0.29) is 5.41 Å². The molecule has 1 aliphatic rings. The number of aryl methyl sites for hydroxylation is 1. The third kappa shape index (κ3) is 1.37. The average Bonchev–Trinajstić information content (AvgIpc) is 2.51. The third-order valence-electron chi connectivity index (χ3n) is 3.19. The Kier molecular flexibility index (Phi) is 1.82. The van der Waals surface area contributed by atoms with Crippen molar-refractivity contribution < 1.29 is 0 Å². The second-order valence-electron chi connectivity index (χ2n) is 6.02. The summed E-state index contributed by atoms with van der Waals surface area (Å²) in [6.07, 6.45) is 1.22. The number of hydrogen-bond donors (Lipinski definition) is 0. The average molecular weight is 192 g/mol. The highest BCUT2D eigenvalue weighted by Crippen LogP contribution is 2.36. The zero-order valence-corrected chi connectivity index (χ0v) is 9.89. The molecule has 0 aromatic carbocycles. The van der Waals surface area contributed by atoms with Gasteiger partial charge in [-0.2, -0.15) is 5.10 Å². The van der Waals surface area contributed by atoms with E-state index < -0.39 is 0 Å². The summed E-state index contributed by atoms with van der Waals surface area (Å²) in [5.74, 6) is 0. The van der Waals surface area contributed by atoms with E-state index in [1.807, 2.05) is 0 Å². The van der Waals surface area contributed by atoms with Crippen LogP contribution in [-0.4, -0.2) is 9.78 Å². The Morgan fingerprint density at radius 3 is 2.50 bits per heavy atom. The van der Waals surface area contributed by atoms with Crippen LogP contribution in [0.15, 0.2) is 6.07 Å². The first-order valence-corrected chi connectivity index (χ1v) is 5.39. The summed E-state index contributed by atoms with van der Waals surface area (Å²) in [4.78, 5) is 0. The molecule has 1 aromatic rings. The molecule has 0 saturated heterocycles. The largest absolute Gasteiger partial charge is 0.269 e. The Morgan fingerprint density at radius 1 is 1.36 bits per heavy atom. The van der Waals surface area contributed by atoms with E-state index in [4.69, 9.17) is 0 Å². The Balaban J connectivity index is 2.45. The van der Waals surface area contributed by atoms with E-state index >= 15 is 0 Å². The van der Waals surface area contributed by atoms with E-state index in [1.54, 1.807) is 0 Å². The molecular formula is C12H20N2. The maximum Gasteiger partial charge on any atom is 0.0681 e. The lowest BCUT2D eigenvalue weighted by molar-refractivity contribution is 0.504. The zero-order chi connectivity index (χ0) is 10.6. The number of rotatable bonds is 0. The Hall–Kier alpha value is -0.790. The minimum atomic E-state index is 0.174. The van der Waals surface area contributed by atoms with Crippen molar-refractivity contribution in [1.82, 2.24) is 9.78 Å². The van der Waals surface area contributed by atoms with Crippen LogP contribution in [0.1, 0.15) is 52.4 Å². The van der Waals surface area contributed by atoms with Gasteiger partial charge >= 0.3 is 0 Å². The van der Waals surface area contributed by atoms with E-state index in [0.717, 1.165) is 6.54 Å². The number of fused-ring (bicyclic) bond motifs is 1. The Morgan fingerprint density at radius 2 is 2.00 bits per heavy atom. The smallest absolute Gasteiger partial charge is 0.0681 e. The second kappa shape index (κ2) is 2.62. The summed E-state index contributed by atoms with van der Waals surface area (Å²) in [7, 11) is 0. The van der Waals surface area contributed by atoms with Gasteiger partial charge in [0.15, 0.2) is 0 Å². The van der Waals surface area contributed by atoms with Crippen LogP contribution in [0.4, 0.5) is 0 Å². The van der Waals surface area contributed by atoms with Crippen LogP contribution < -0.4 is 0 Å². The van der Waals surface area contributed by atoms with Crippen LogP contribution in [0.5, 0.6) is 0 Å². The van der Waals surface area contributed by atoms with Gasteiger partial charge in [-0.15, -0.1) is 0 Å². The summed E-state index contributed by atoms with van der Waals surface area (Å²) in [5.41, 5.74) is 3.12. The minimum absolute atomic E-state index is 0.174. The van der Waals surface area contributed by atoms with Crippen LogP contribution in [-0.2, 0) is 17.4 Å². The van der Waals surface area contributed by atoms with Crippen LogP contribution in [0, 0.1) is 0 Å². The van der Waals surface area contributed by atoms with Crippen LogP contribution in [0.25, 0.3) is 0 Å². The van der Waals surface area contributed by atoms with Gasteiger partial charge in [0.2, 0.25) is 0 Å². The Labute approximate surface area is 86.3 Å². The molecular weight excluding hydrogens is 172 g/mol.